The number of amides is 3. The van der Waals surface area contributed by atoms with E-state index >= 15 is 0 Å². The number of thioether (sulfide) groups is 1. The van der Waals surface area contributed by atoms with Crippen LogP contribution in [0, 0.1) is 5.92 Å². The molecule has 1 aromatic carbocycles. The lowest BCUT2D eigenvalue weighted by Gasteiger charge is -2.26. The van der Waals surface area contributed by atoms with Crippen LogP contribution in [0.1, 0.15) is 45.1 Å². The van der Waals surface area contributed by atoms with Crippen LogP contribution in [-0.4, -0.2) is 81.0 Å². The number of rotatable bonds is 17. The van der Waals surface area contributed by atoms with Crippen molar-refractivity contribution in [2.45, 2.75) is 70.1 Å². The van der Waals surface area contributed by atoms with E-state index in [1.165, 1.54) is 11.8 Å². The average Bonchev–Trinajstić information content (AvgIpc) is 3.34. The maximum Gasteiger partial charge on any atom is 0.326 e. The number of fused-ring (bicyclic) bond motifs is 1. The molecule has 1 heterocycles. The third kappa shape index (κ3) is 9.56. The third-order valence-electron chi connectivity index (χ3n) is 6.80. The molecule has 220 valence electrons. The monoisotopic (exact) mass is 577 g/mol. The molecule has 5 atom stereocenters. The molecular formula is C27H39N5O7S. The highest BCUT2D eigenvalue weighted by atomic mass is 32.2. The summed E-state index contributed by atoms with van der Waals surface area (Å²) in [5.74, 6) is -4.11. The minimum Gasteiger partial charge on any atom is -0.481 e. The van der Waals surface area contributed by atoms with Crippen LogP contribution in [0.4, 0.5) is 0 Å². The molecule has 12 nitrogen and oxygen atoms in total. The zero-order chi connectivity index (χ0) is 29.8. The standard InChI is InChI=1S/C27H39N5O7S/c1-4-15(2)23(28)26(37)31-20(11-12-40-3)25(36)30-19(9-10-22(33)34)24(35)32-21(27(38)39)13-16-14-29-18-8-6-5-7-17(16)18/h5-8,14-15,19-21,23,29H,4,9-13,28H2,1-3H3,(H,30,36)(H,31,37)(H,32,35)(H,33,34)(H,38,39). The topological polar surface area (TPSA) is 204 Å². The molecule has 0 aliphatic carbocycles. The normalized spacial score (nSPS) is 14.9. The van der Waals surface area contributed by atoms with Crippen molar-refractivity contribution in [3.8, 4) is 0 Å². The average molecular weight is 578 g/mol. The molecule has 0 saturated heterocycles. The van der Waals surface area contributed by atoms with Crippen molar-refractivity contribution in [2.75, 3.05) is 12.0 Å². The Hall–Kier alpha value is -3.58. The van der Waals surface area contributed by atoms with Crippen molar-refractivity contribution in [3.63, 3.8) is 0 Å². The SMILES string of the molecule is CCC(C)C(N)C(=O)NC(CCSC)C(=O)NC(CCC(=O)O)C(=O)NC(Cc1c[nH]c2ccccc12)C(=O)O. The van der Waals surface area contributed by atoms with Gasteiger partial charge in [-0.3, -0.25) is 19.2 Å². The summed E-state index contributed by atoms with van der Waals surface area (Å²) in [5, 5.41) is 27.4. The molecule has 0 fully saturated rings. The van der Waals surface area contributed by atoms with Crippen LogP contribution in [0.3, 0.4) is 0 Å². The van der Waals surface area contributed by atoms with Gasteiger partial charge in [-0.1, -0.05) is 38.5 Å². The number of nitrogens with one attached hydrogen (secondary N) is 4. The van der Waals surface area contributed by atoms with Gasteiger partial charge in [0.05, 0.1) is 6.04 Å². The minimum atomic E-state index is -1.34. The number of hydrogen-bond acceptors (Lipinski definition) is 7. The molecule has 2 rings (SSSR count). The van der Waals surface area contributed by atoms with E-state index in [1.807, 2.05) is 44.4 Å². The highest BCUT2D eigenvalue weighted by molar-refractivity contribution is 7.98. The Morgan fingerprint density at radius 1 is 0.950 bits per heavy atom. The molecule has 5 unspecified atom stereocenters. The number of aromatic nitrogens is 1. The lowest BCUT2D eigenvalue weighted by molar-refractivity contribution is -0.143. The number of H-pyrrole nitrogens is 1. The first-order chi connectivity index (χ1) is 19.0. The first-order valence-electron chi connectivity index (χ1n) is 13.1. The number of hydrogen-bond donors (Lipinski definition) is 7. The summed E-state index contributed by atoms with van der Waals surface area (Å²) in [7, 11) is 0. The molecular weight excluding hydrogens is 538 g/mol. The van der Waals surface area contributed by atoms with Gasteiger partial charge in [0.25, 0.3) is 0 Å². The molecule has 0 aliphatic rings. The fourth-order valence-corrected chi connectivity index (χ4v) is 4.56. The van der Waals surface area contributed by atoms with E-state index in [0.29, 0.717) is 17.7 Å². The van der Waals surface area contributed by atoms with E-state index in [-0.39, 0.29) is 25.2 Å². The van der Waals surface area contributed by atoms with Gasteiger partial charge < -0.3 is 36.9 Å². The first-order valence-corrected chi connectivity index (χ1v) is 14.5. The number of aliphatic carboxylic acids is 2. The molecule has 8 N–H and O–H groups in total. The maximum atomic E-state index is 13.2. The summed E-state index contributed by atoms with van der Waals surface area (Å²) in [4.78, 5) is 65.4. The van der Waals surface area contributed by atoms with E-state index in [0.717, 1.165) is 10.9 Å². The van der Waals surface area contributed by atoms with Crippen molar-refractivity contribution >= 4 is 52.3 Å². The predicted octanol–water partition coefficient (Wildman–Crippen LogP) is 1.24. The summed E-state index contributed by atoms with van der Waals surface area (Å²) in [6.07, 6.45) is 3.66. The van der Waals surface area contributed by atoms with Gasteiger partial charge in [-0.15, -0.1) is 0 Å². The van der Waals surface area contributed by atoms with Gasteiger partial charge in [0.1, 0.15) is 18.1 Å². The maximum absolute atomic E-state index is 13.2. The predicted molar refractivity (Wildman–Crippen MR) is 153 cm³/mol. The molecule has 0 saturated carbocycles. The quantitative estimate of drug-likeness (QED) is 0.144. The highest BCUT2D eigenvalue weighted by Gasteiger charge is 2.31. The largest absolute Gasteiger partial charge is 0.481 e. The number of carboxylic acid groups (broad SMARTS) is 2. The number of carbonyl (C=O) groups is 5. The summed E-state index contributed by atoms with van der Waals surface area (Å²) in [5.41, 5.74) is 7.50. The van der Waals surface area contributed by atoms with Crippen LogP contribution < -0.4 is 21.7 Å². The fourth-order valence-electron chi connectivity index (χ4n) is 4.09. The van der Waals surface area contributed by atoms with Gasteiger partial charge in [0.2, 0.25) is 17.7 Å². The van der Waals surface area contributed by atoms with Gasteiger partial charge in [-0.25, -0.2) is 4.79 Å². The number of para-hydroxylation sites is 1. The molecule has 1 aromatic heterocycles. The van der Waals surface area contributed by atoms with Crippen LogP contribution in [0.15, 0.2) is 30.5 Å². The Kier molecular flexibility index (Phi) is 12.9. The summed E-state index contributed by atoms with van der Waals surface area (Å²) in [6, 6.07) is 2.79. The smallest absolute Gasteiger partial charge is 0.326 e. The highest BCUT2D eigenvalue weighted by Crippen LogP contribution is 2.19. The zero-order valence-corrected chi connectivity index (χ0v) is 23.8. The van der Waals surface area contributed by atoms with Gasteiger partial charge in [0.15, 0.2) is 0 Å². The summed E-state index contributed by atoms with van der Waals surface area (Å²) in [6.45, 7) is 3.72. The Morgan fingerprint density at radius 2 is 1.55 bits per heavy atom. The molecule has 0 bridgehead atoms. The minimum absolute atomic E-state index is 0.0371. The van der Waals surface area contributed by atoms with Crippen molar-refractivity contribution in [2.24, 2.45) is 11.7 Å². The first kappa shape index (κ1) is 32.6. The summed E-state index contributed by atoms with van der Waals surface area (Å²) < 4.78 is 0. The molecule has 13 heteroatoms. The van der Waals surface area contributed by atoms with E-state index in [2.05, 4.69) is 20.9 Å². The van der Waals surface area contributed by atoms with Crippen molar-refractivity contribution in [3.05, 3.63) is 36.0 Å². The van der Waals surface area contributed by atoms with Gasteiger partial charge in [0, 0.05) is 29.9 Å². The molecule has 0 radical (unpaired) electrons. The van der Waals surface area contributed by atoms with Gasteiger partial charge in [-0.2, -0.15) is 11.8 Å². The van der Waals surface area contributed by atoms with Crippen LogP contribution in [0.5, 0.6) is 0 Å². The van der Waals surface area contributed by atoms with Gasteiger partial charge >= 0.3 is 11.9 Å². The second-order valence-corrected chi connectivity index (χ2v) is 10.7. The fraction of sp³-hybridized carbons (Fsp3) is 0.519. The molecule has 3 amide bonds. The van der Waals surface area contributed by atoms with Crippen LogP contribution in [-0.2, 0) is 30.4 Å². The number of aromatic amines is 1. The van der Waals surface area contributed by atoms with Crippen molar-refractivity contribution in [1.82, 2.24) is 20.9 Å². The molecule has 40 heavy (non-hydrogen) atoms. The van der Waals surface area contributed by atoms with Crippen LogP contribution in [0.2, 0.25) is 0 Å². The lowest BCUT2D eigenvalue weighted by Crippen LogP contribution is -2.58. The van der Waals surface area contributed by atoms with Crippen molar-refractivity contribution < 1.29 is 34.2 Å². The van der Waals surface area contributed by atoms with Crippen LogP contribution in [0.25, 0.3) is 10.9 Å². The second-order valence-electron chi connectivity index (χ2n) is 9.71. The Morgan fingerprint density at radius 3 is 2.15 bits per heavy atom. The Labute approximate surface area is 237 Å². The van der Waals surface area contributed by atoms with Crippen LogP contribution >= 0.6 is 11.8 Å². The van der Waals surface area contributed by atoms with Gasteiger partial charge in [-0.05, 0) is 42.4 Å². The zero-order valence-electron chi connectivity index (χ0n) is 22.9. The second kappa shape index (κ2) is 15.9. The number of benzene rings is 1. The Balaban J connectivity index is 2.20. The number of nitrogens with two attached hydrogens (primary N) is 1. The Bertz CT molecular complexity index is 1190. The molecule has 0 spiro atoms. The third-order valence-corrected chi connectivity index (χ3v) is 7.44. The molecule has 2 aromatic rings. The summed E-state index contributed by atoms with van der Waals surface area (Å²) >= 11 is 1.46. The molecule has 0 aliphatic heterocycles. The lowest BCUT2D eigenvalue weighted by atomic mass is 9.99. The van der Waals surface area contributed by atoms with E-state index in [1.54, 1.807) is 6.20 Å². The number of carboxylic acids is 2. The number of carbonyl (C=O) groups excluding carboxylic acids is 3. The van der Waals surface area contributed by atoms with E-state index in [4.69, 9.17) is 5.73 Å². The van der Waals surface area contributed by atoms with E-state index < -0.39 is 60.2 Å². The van der Waals surface area contributed by atoms with E-state index in [9.17, 15) is 34.2 Å². The van der Waals surface area contributed by atoms with Crippen molar-refractivity contribution in [1.29, 1.82) is 0 Å².